The van der Waals surface area contributed by atoms with E-state index in [0.717, 1.165) is 17.6 Å². The van der Waals surface area contributed by atoms with Crippen LogP contribution < -0.4 is 36.2 Å². The fourth-order valence-corrected chi connectivity index (χ4v) is 6.68. The van der Waals surface area contributed by atoms with E-state index in [0.29, 0.717) is 17.0 Å². The molecule has 1 aliphatic carbocycles. The molecule has 2 fully saturated rings. The van der Waals surface area contributed by atoms with Crippen molar-refractivity contribution in [1.29, 1.82) is 5.26 Å². The molecule has 3 aromatic rings. The summed E-state index contributed by atoms with van der Waals surface area (Å²) in [6.45, 7) is 0. The number of pyridine rings is 1. The molecule has 3 aliphatic rings. The normalized spacial score (nSPS) is 20.4. The molecule has 1 saturated carbocycles. The molecule has 2 amide bonds. The second-order valence-corrected chi connectivity index (χ2v) is 12.2. The quantitative estimate of drug-likeness (QED) is 0.296. The van der Waals surface area contributed by atoms with Gasteiger partial charge in [-0.1, -0.05) is 0 Å². The predicted octanol–water partition coefficient (Wildman–Crippen LogP) is -0.541. The van der Waals surface area contributed by atoms with Crippen molar-refractivity contribution in [2.45, 2.75) is 49.7 Å². The maximum atomic E-state index is 14.9. The van der Waals surface area contributed by atoms with Crippen LogP contribution in [-0.2, 0) is 9.59 Å². The molecule has 2 aromatic carbocycles. The zero-order chi connectivity index (χ0) is 33.1. The van der Waals surface area contributed by atoms with Gasteiger partial charge in [0, 0.05) is 0 Å². The van der Waals surface area contributed by atoms with Gasteiger partial charge in [-0.3, -0.25) is 0 Å². The number of nitrogens with one attached hydrogen (secondary N) is 1. The van der Waals surface area contributed by atoms with Gasteiger partial charge in [0.15, 0.2) is 0 Å². The Bertz CT molecular complexity index is 1850. The Morgan fingerprint density at radius 1 is 1.11 bits per heavy atom. The minimum atomic E-state index is -2.93. The molecule has 0 radical (unpaired) electrons. The van der Waals surface area contributed by atoms with Crippen LogP contribution in [0.15, 0.2) is 36.5 Å². The monoisotopic (exact) mass is 645 g/mol. The van der Waals surface area contributed by atoms with Crippen LogP contribution in [0, 0.1) is 23.0 Å². The zero-order valence-corrected chi connectivity index (χ0v) is 25.8. The number of rotatable bonds is 5. The van der Waals surface area contributed by atoms with Gasteiger partial charge >= 0.3 is 271 Å². The number of aromatic nitrogens is 1. The van der Waals surface area contributed by atoms with Crippen molar-refractivity contribution in [1.82, 2.24) is 10.3 Å². The van der Waals surface area contributed by atoms with Crippen LogP contribution in [0.1, 0.15) is 42.9 Å². The van der Waals surface area contributed by atoms with Crippen LogP contribution in [0.2, 0.25) is 5.02 Å². The molecule has 0 unspecified atom stereocenters. The fraction of sp³-hybridized carbons (Fsp3) is 0.276. The summed E-state index contributed by atoms with van der Waals surface area (Å²) in [5.41, 5.74) is 2.49. The Morgan fingerprint density at radius 3 is 2.46 bits per heavy atom. The third-order valence-corrected chi connectivity index (χ3v) is 9.36. The SMILES string of the molecule is Bc1c(B)c(Cl)c2c(c1B)OB=C([C@@H]1CCC(=O)N1c1cc(C#N)ccn1)N(c1cc(F)cc(F)c1)[C@@H]2C(=O)NC1CC(F)(F)C1. The summed E-state index contributed by atoms with van der Waals surface area (Å²) >= 11 is 6.95. The molecule has 3 heterocycles. The molecular formula is C29H24B4ClF4N5O3. The number of benzene rings is 2. The van der Waals surface area contributed by atoms with Gasteiger partial charge in [0.1, 0.15) is 0 Å². The van der Waals surface area contributed by atoms with Crippen LogP contribution in [0.4, 0.5) is 29.1 Å². The molecule has 6 rings (SSSR count). The molecule has 2 atom stereocenters. The third-order valence-electron chi connectivity index (χ3n) is 8.87. The van der Waals surface area contributed by atoms with Gasteiger partial charge in [-0.15, -0.1) is 0 Å². The molecule has 0 spiro atoms. The molecule has 1 aromatic heterocycles. The number of nitrogens with zero attached hydrogens (tertiary/aromatic N) is 4. The standard InChI is InChI=1S/C29H24B4ClF4N5O3/c30-21-22(31)24(34)20-25(28(45)41-15-9-29(37,38)10-15)42(16-7-13(35)6-14(36)8-16)27(33-46-26(20)23(21)32)17-1-2-19(44)43(17)18-5-12(11-39)3-4-40-18/h3-8,15,17,25H,1-2,9-10,30-32H2,(H,41,45)/t17-,25-/m0/s1. The molecule has 8 nitrogen and oxygen atoms in total. The predicted molar refractivity (Wildman–Crippen MR) is 175 cm³/mol. The van der Waals surface area contributed by atoms with E-state index in [1.807, 2.05) is 13.9 Å². The van der Waals surface area contributed by atoms with Gasteiger partial charge in [-0.05, 0) is 0 Å². The summed E-state index contributed by atoms with van der Waals surface area (Å²) in [7, 11) is 6.66. The van der Waals surface area contributed by atoms with Crippen molar-refractivity contribution < 1.29 is 31.8 Å². The van der Waals surface area contributed by atoms with Crippen LogP contribution in [0.5, 0.6) is 5.75 Å². The zero-order valence-electron chi connectivity index (χ0n) is 25.0. The Balaban J connectivity index is 1.59. The summed E-state index contributed by atoms with van der Waals surface area (Å²) in [4.78, 5) is 34.7. The average Bonchev–Trinajstić information content (AvgIpc) is 3.27. The number of fused-ring (bicyclic) bond motifs is 1. The van der Waals surface area contributed by atoms with E-state index in [-0.39, 0.29) is 57.7 Å². The van der Waals surface area contributed by atoms with Crippen molar-refractivity contribution in [3.63, 3.8) is 0 Å². The number of carbonyl (C=O) groups is 2. The Morgan fingerprint density at radius 2 is 1.80 bits per heavy atom. The van der Waals surface area contributed by atoms with Gasteiger partial charge in [0.2, 0.25) is 0 Å². The van der Waals surface area contributed by atoms with Gasteiger partial charge in [0.05, 0.1) is 0 Å². The first-order chi connectivity index (χ1) is 21.8. The number of amides is 2. The molecule has 46 heavy (non-hydrogen) atoms. The minimum absolute atomic E-state index is 0.0464. The molecule has 17 heteroatoms. The summed E-state index contributed by atoms with van der Waals surface area (Å²) in [6.07, 6.45) is 0.467. The van der Waals surface area contributed by atoms with Crippen molar-refractivity contribution in [2.24, 2.45) is 0 Å². The first kappa shape index (κ1) is 31.7. The van der Waals surface area contributed by atoms with E-state index in [2.05, 4.69) is 10.3 Å². The van der Waals surface area contributed by atoms with Crippen LogP contribution in [0.25, 0.3) is 0 Å². The van der Waals surface area contributed by atoms with E-state index in [9.17, 15) is 32.4 Å². The first-order valence-corrected chi connectivity index (χ1v) is 14.9. The Kier molecular flexibility index (Phi) is 8.17. The summed E-state index contributed by atoms with van der Waals surface area (Å²) in [5, 5.41) is 12.3. The van der Waals surface area contributed by atoms with Gasteiger partial charge in [0.25, 0.3) is 0 Å². The summed E-state index contributed by atoms with van der Waals surface area (Å²) < 4.78 is 63.7. The maximum absolute atomic E-state index is 14.9. The van der Waals surface area contributed by atoms with E-state index in [4.69, 9.17) is 16.3 Å². The van der Waals surface area contributed by atoms with Crippen LogP contribution in [0.3, 0.4) is 0 Å². The number of alkyl halides is 2. The number of carbonyl (C=O) groups excluding carboxylic acids is 2. The number of anilines is 2. The second-order valence-electron chi connectivity index (χ2n) is 11.8. The second kappa shape index (κ2) is 11.8. The average molecular weight is 645 g/mol. The summed E-state index contributed by atoms with van der Waals surface area (Å²) in [5.74, 6) is -5.56. The van der Waals surface area contributed by atoms with Crippen molar-refractivity contribution in [3.05, 3.63) is 64.3 Å². The van der Waals surface area contributed by atoms with Gasteiger partial charge < -0.3 is 0 Å². The topological polar surface area (TPSA) is 98.6 Å². The van der Waals surface area contributed by atoms with Gasteiger partial charge in [-0.2, -0.15) is 0 Å². The first-order valence-electron chi connectivity index (χ1n) is 14.6. The van der Waals surface area contributed by atoms with Crippen LogP contribution in [-0.4, -0.2) is 71.1 Å². The molecule has 2 aliphatic heterocycles. The van der Waals surface area contributed by atoms with Crippen LogP contribution >= 0.6 is 11.6 Å². The van der Waals surface area contributed by atoms with Crippen molar-refractivity contribution in [3.8, 4) is 11.8 Å². The van der Waals surface area contributed by atoms with E-state index in [1.165, 1.54) is 35.3 Å². The Labute approximate surface area is 270 Å². The third kappa shape index (κ3) is 5.55. The molecule has 230 valence electrons. The number of hydrogen-bond acceptors (Lipinski definition) is 6. The fourth-order valence-electron chi connectivity index (χ4n) is 6.35. The number of halogens is 5. The molecule has 1 N–H and O–H groups in total. The Hall–Kier alpha value is -4.24. The van der Waals surface area contributed by atoms with Gasteiger partial charge in [-0.25, -0.2) is 0 Å². The molecular weight excluding hydrogens is 621 g/mol. The van der Waals surface area contributed by atoms with Crippen molar-refractivity contribution >= 4 is 87.6 Å². The molecule has 1 saturated heterocycles. The van der Waals surface area contributed by atoms with E-state index >= 15 is 0 Å². The number of hydrogen-bond donors (Lipinski definition) is 1. The number of nitriles is 1. The molecule has 0 bridgehead atoms. The van der Waals surface area contributed by atoms with Crippen molar-refractivity contribution in [2.75, 3.05) is 9.80 Å². The van der Waals surface area contributed by atoms with E-state index in [1.54, 1.807) is 15.7 Å². The van der Waals surface area contributed by atoms with E-state index < -0.39 is 54.4 Å². The summed E-state index contributed by atoms with van der Waals surface area (Å²) in [6, 6.07) is 4.43.